The van der Waals surface area contributed by atoms with Crippen LogP contribution in [0, 0.1) is 0 Å². The van der Waals surface area contributed by atoms with Gasteiger partial charge in [-0.2, -0.15) is 0 Å². The van der Waals surface area contributed by atoms with Crippen LogP contribution in [0.25, 0.3) is 0 Å². The van der Waals surface area contributed by atoms with Crippen molar-refractivity contribution in [2.45, 2.75) is 19.5 Å². The minimum Gasteiger partial charge on any atom is -0.497 e. The van der Waals surface area contributed by atoms with Crippen molar-refractivity contribution >= 4 is 5.91 Å². The zero-order valence-corrected chi connectivity index (χ0v) is 17.8. The lowest BCUT2D eigenvalue weighted by Gasteiger charge is -2.41. The average molecular weight is 418 g/mol. The van der Waals surface area contributed by atoms with Crippen LogP contribution in [0.5, 0.6) is 17.5 Å². The Kier molecular flexibility index (Phi) is 6.43. The van der Waals surface area contributed by atoms with Gasteiger partial charge in [-0.1, -0.05) is 24.3 Å². The predicted molar refractivity (Wildman–Crippen MR) is 117 cm³/mol. The molecule has 1 amide bonds. The number of aromatic nitrogens is 2. The molecule has 1 aliphatic heterocycles. The number of nitrogens with zero attached hydrogens (tertiary/aromatic N) is 4. The fraction of sp³-hybridized carbons (Fsp3) is 0.292. The maximum atomic E-state index is 12.2. The lowest BCUT2D eigenvalue weighted by molar-refractivity contribution is -0.134. The van der Waals surface area contributed by atoms with E-state index in [-0.39, 0.29) is 11.9 Å². The summed E-state index contributed by atoms with van der Waals surface area (Å²) in [4.78, 5) is 24.8. The molecule has 31 heavy (non-hydrogen) atoms. The molecular formula is C24H26N4O3. The third kappa shape index (κ3) is 5.19. The van der Waals surface area contributed by atoms with Crippen molar-refractivity contribution in [3.63, 3.8) is 0 Å². The SMILES string of the molecule is COc1ccc([C@@H]2CN(Cc3cccc(Oc4ncccn4)c3)CCN2C(C)=O)cc1. The second-order valence-corrected chi connectivity index (χ2v) is 7.52. The Bertz CT molecular complexity index is 1010. The van der Waals surface area contributed by atoms with Gasteiger partial charge in [-0.15, -0.1) is 0 Å². The van der Waals surface area contributed by atoms with E-state index in [0.29, 0.717) is 18.3 Å². The predicted octanol–water partition coefficient (Wildman–Crippen LogP) is 3.68. The summed E-state index contributed by atoms with van der Waals surface area (Å²) in [5, 5.41) is 0. The molecule has 0 N–H and O–H groups in total. The van der Waals surface area contributed by atoms with Crippen molar-refractivity contribution < 1.29 is 14.3 Å². The van der Waals surface area contributed by atoms with E-state index in [4.69, 9.17) is 9.47 Å². The molecule has 7 nitrogen and oxygen atoms in total. The summed E-state index contributed by atoms with van der Waals surface area (Å²) in [5.41, 5.74) is 2.25. The van der Waals surface area contributed by atoms with Crippen LogP contribution in [0.3, 0.4) is 0 Å². The molecule has 1 aromatic heterocycles. The first-order valence-corrected chi connectivity index (χ1v) is 10.3. The van der Waals surface area contributed by atoms with E-state index < -0.39 is 0 Å². The van der Waals surface area contributed by atoms with Crippen LogP contribution >= 0.6 is 0 Å². The molecule has 0 spiro atoms. The number of carbonyl (C=O) groups excluding carboxylic acids is 1. The zero-order chi connectivity index (χ0) is 21.6. The molecule has 4 rings (SSSR count). The fourth-order valence-corrected chi connectivity index (χ4v) is 3.88. The van der Waals surface area contributed by atoms with Gasteiger partial charge in [-0.3, -0.25) is 9.69 Å². The van der Waals surface area contributed by atoms with Crippen molar-refractivity contribution in [1.82, 2.24) is 19.8 Å². The van der Waals surface area contributed by atoms with Gasteiger partial charge >= 0.3 is 6.01 Å². The molecule has 0 bridgehead atoms. The summed E-state index contributed by atoms with van der Waals surface area (Å²) in [5.74, 6) is 1.61. The topological polar surface area (TPSA) is 67.8 Å². The van der Waals surface area contributed by atoms with E-state index in [2.05, 4.69) is 20.9 Å². The first-order valence-electron chi connectivity index (χ1n) is 10.3. The molecular weight excluding hydrogens is 392 g/mol. The van der Waals surface area contributed by atoms with Crippen molar-refractivity contribution in [3.05, 3.63) is 78.1 Å². The molecule has 2 heterocycles. The monoisotopic (exact) mass is 418 g/mol. The number of carbonyl (C=O) groups is 1. The summed E-state index contributed by atoms with van der Waals surface area (Å²) in [6.45, 7) is 4.68. The van der Waals surface area contributed by atoms with E-state index in [1.54, 1.807) is 32.5 Å². The first kappa shape index (κ1) is 20.8. The van der Waals surface area contributed by atoms with E-state index in [0.717, 1.165) is 36.5 Å². The van der Waals surface area contributed by atoms with E-state index >= 15 is 0 Å². The normalized spacial score (nSPS) is 16.7. The van der Waals surface area contributed by atoms with Crippen LogP contribution in [0.2, 0.25) is 0 Å². The van der Waals surface area contributed by atoms with Gasteiger partial charge in [0.25, 0.3) is 0 Å². The summed E-state index contributed by atoms with van der Waals surface area (Å²) < 4.78 is 11.0. The summed E-state index contributed by atoms with van der Waals surface area (Å²) >= 11 is 0. The van der Waals surface area contributed by atoms with Crippen molar-refractivity contribution in [1.29, 1.82) is 0 Å². The molecule has 0 radical (unpaired) electrons. The Hall–Kier alpha value is -3.45. The van der Waals surface area contributed by atoms with Crippen LogP contribution in [0.4, 0.5) is 0 Å². The number of amides is 1. The third-order valence-corrected chi connectivity index (χ3v) is 5.43. The highest BCUT2D eigenvalue weighted by Gasteiger charge is 2.30. The minimum absolute atomic E-state index is 0.00862. The highest BCUT2D eigenvalue weighted by Crippen LogP contribution is 2.28. The molecule has 160 valence electrons. The van der Waals surface area contributed by atoms with Crippen LogP contribution < -0.4 is 9.47 Å². The van der Waals surface area contributed by atoms with Crippen LogP contribution in [0.1, 0.15) is 24.1 Å². The Morgan fingerprint density at radius 1 is 1.03 bits per heavy atom. The molecule has 7 heteroatoms. The molecule has 2 aromatic carbocycles. The number of hydrogen-bond donors (Lipinski definition) is 0. The zero-order valence-electron chi connectivity index (χ0n) is 17.8. The van der Waals surface area contributed by atoms with Gasteiger partial charge in [0.15, 0.2) is 0 Å². The molecule has 3 aromatic rings. The van der Waals surface area contributed by atoms with E-state index in [1.165, 1.54) is 0 Å². The van der Waals surface area contributed by atoms with Crippen molar-refractivity contribution in [2.24, 2.45) is 0 Å². The van der Waals surface area contributed by atoms with Crippen LogP contribution in [0.15, 0.2) is 67.0 Å². The molecule has 1 fully saturated rings. The maximum absolute atomic E-state index is 12.2. The van der Waals surface area contributed by atoms with Gasteiger partial charge in [-0.05, 0) is 41.5 Å². The van der Waals surface area contributed by atoms with Crippen molar-refractivity contribution in [2.75, 3.05) is 26.7 Å². The third-order valence-electron chi connectivity index (χ3n) is 5.43. The Morgan fingerprint density at radius 3 is 2.52 bits per heavy atom. The number of rotatable bonds is 6. The molecule has 1 aliphatic rings. The quantitative estimate of drug-likeness (QED) is 0.608. The van der Waals surface area contributed by atoms with Gasteiger partial charge < -0.3 is 14.4 Å². The Balaban J connectivity index is 1.47. The molecule has 0 saturated carbocycles. The minimum atomic E-state index is 0.00862. The van der Waals surface area contributed by atoms with Gasteiger partial charge in [-0.25, -0.2) is 9.97 Å². The fourth-order valence-electron chi connectivity index (χ4n) is 3.88. The van der Waals surface area contributed by atoms with Crippen LogP contribution in [-0.2, 0) is 11.3 Å². The first-order chi connectivity index (χ1) is 15.1. The lowest BCUT2D eigenvalue weighted by atomic mass is 10.0. The molecule has 1 saturated heterocycles. The second kappa shape index (κ2) is 9.57. The largest absolute Gasteiger partial charge is 0.497 e. The number of piperazine rings is 1. The van der Waals surface area contributed by atoms with Crippen LogP contribution in [-0.4, -0.2) is 52.4 Å². The van der Waals surface area contributed by atoms with E-state index in [1.807, 2.05) is 47.4 Å². The Morgan fingerprint density at radius 2 is 1.81 bits per heavy atom. The van der Waals surface area contributed by atoms with Crippen molar-refractivity contribution in [3.8, 4) is 17.5 Å². The Labute approximate surface area is 182 Å². The number of hydrogen-bond acceptors (Lipinski definition) is 6. The average Bonchev–Trinajstić information content (AvgIpc) is 2.80. The van der Waals surface area contributed by atoms with Gasteiger partial charge in [0.2, 0.25) is 5.91 Å². The smallest absolute Gasteiger partial charge is 0.321 e. The lowest BCUT2D eigenvalue weighted by Crippen LogP contribution is -2.49. The molecule has 0 unspecified atom stereocenters. The standard InChI is InChI=1S/C24H26N4O3/c1-18(29)28-14-13-27(17-23(28)20-7-9-21(30-2)10-8-20)16-19-5-3-6-22(15-19)31-24-25-11-4-12-26-24/h3-12,15,23H,13-14,16-17H2,1-2H3/t23-/m0/s1. The summed E-state index contributed by atoms with van der Waals surface area (Å²) in [6.07, 6.45) is 3.31. The molecule has 1 atom stereocenters. The number of benzene rings is 2. The molecule has 0 aliphatic carbocycles. The number of methoxy groups -OCH3 is 1. The summed E-state index contributed by atoms with van der Waals surface area (Å²) in [7, 11) is 1.65. The van der Waals surface area contributed by atoms with Gasteiger partial charge in [0.1, 0.15) is 11.5 Å². The highest BCUT2D eigenvalue weighted by atomic mass is 16.5. The maximum Gasteiger partial charge on any atom is 0.321 e. The number of ether oxygens (including phenoxy) is 2. The van der Waals surface area contributed by atoms with E-state index in [9.17, 15) is 4.79 Å². The second-order valence-electron chi connectivity index (χ2n) is 7.52. The summed E-state index contributed by atoms with van der Waals surface area (Å²) in [6, 6.07) is 18.0. The van der Waals surface area contributed by atoms with Gasteiger partial charge in [0.05, 0.1) is 13.2 Å². The highest BCUT2D eigenvalue weighted by molar-refractivity contribution is 5.74. The van der Waals surface area contributed by atoms with Gasteiger partial charge in [0, 0.05) is 45.5 Å².